The van der Waals surface area contributed by atoms with Crippen LogP contribution in [0.1, 0.15) is 47.8 Å². The monoisotopic (exact) mass is 278 g/mol. The summed E-state index contributed by atoms with van der Waals surface area (Å²) in [5.74, 6) is -0.586. The Hall–Kier alpha value is -1.74. The number of nitrogens with one attached hydrogen (secondary N) is 1. The van der Waals surface area contributed by atoms with Gasteiger partial charge in [0.05, 0.1) is 11.3 Å². The van der Waals surface area contributed by atoms with E-state index in [1.165, 1.54) is 30.6 Å². The number of nitriles is 1. The standard InChI is InChI=1S/C13H18N4OS/c1-2-13(4-3-5-13)7-17-12-9(11(16)18)10(15)8(6-14)19-12/h17H,2-5,7,15H2,1H3,(H2,16,18). The Morgan fingerprint density at radius 3 is 2.68 bits per heavy atom. The van der Waals surface area contributed by atoms with Gasteiger partial charge in [-0.25, -0.2) is 0 Å². The molecule has 6 heteroatoms. The molecule has 5 nitrogen and oxygen atoms in total. The molecule has 102 valence electrons. The molecule has 0 unspecified atom stereocenters. The van der Waals surface area contributed by atoms with Crippen molar-refractivity contribution in [2.24, 2.45) is 11.1 Å². The van der Waals surface area contributed by atoms with Crippen molar-refractivity contribution >= 4 is 27.9 Å². The molecular formula is C13H18N4OS. The molecular weight excluding hydrogens is 260 g/mol. The molecule has 1 saturated carbocycles. The lowest BCUT2D eigenvalue weighted by Crippen LogP contribution is -2.36. The SMILES string of the molecule is CCC1(CNc2sc(C#N)c(N)c2C(N)=O)CCC1. The lowest BCUT2D eigenvalue weighted by molar-refractivity contribution is 0.100. The van der Waals surface area contributed by atoms with Crippen LogP contribution >= 0.6 is 11.3 Å². The molecule has 19 heavy (non-hydrogen) atoms. The first-order valence-corrected chi connectivity index (χ1v) is 7.20. The first-order valence-electron chi connectivity index (χ1n) is 6.39. The normalized spacial score (nSPS) is 16.4. The molecule has 2 rings (SSSR count). The molecule has 1 fully saturated rings. The zero-order valence-corrected chi connectivity index (χ0v) is 11.8. The number of hydrogen-bond donors (Lipinski definition) is 3. The van der Waals surface area contributed by atoms with E-state index in [4.69, 9.17) is 16.7 Å². The van der Waals surface area contributed by atoms with Gasteiger partial charge < -0.3 is 16.8 Å². The van der Waals surface area contributed by atoms with E-state index in [1.807, 2.05) is 6.07 Å². The number of amides is 1. The maximum absolute atomic E-state index is 11.4. The Labute approximate surface area is 116 Å². The van der Waals surface area contributed by atoms with E-state index >= 15 is 0 Å². The average Bonchev–Trinajstić information content (AvgIpc) is 2.65. The van der Waals surface area contributed by atoms with Crippen molar-refractivity contribution in [1.82, 2.24) is 0 Å². The van der Waals surface area contributed by atoms with Gasteiger partial charge in [-0.05, 0) is 24.7 Å². The quantitative estimate of drug-likeness (QED) is 0.768. The summed E-state index contributed by atoms with van der Waals surface area (Å²) in [7, 11) is 0. The molecule has 0 radical (unpaired) electrons. The van der Waals surface area contributed by atoms with Gasteiger partial charge in [0.2, 0.25) is 0 Å². The van der Waals surface area contributed by atoms with E-state index in [2.05, 4.69) is 12.2 Å². The van der Waals surface area contributed by atoms with Crippen LogP contribution in [-0.4, -0.2) is 12.5 Å². The van der Waals surface area contributed by atoms with Crippen LogP contribution < -0.4 is 16.8 Å². The molecule has 1 aromatic rings. The van der Waals surface area contributed by atoms with Crippen molar-refractivity contribution in [3.8, 4) is 6.07 Å². The Morgan fingerprint density at radius 2 is 2.26 bits per heavy atom. The highest BCUT2D eigenvalue weighted by molar-refractivity contribution is 7.17. The van der Waals surface area contributed by atoms with Gasteiger partial charge in [-0.2, -0.15) is 5.26 Å². The van der Waals surface area contributed by atoms with Crippen LogP contribution in [0.3, 0.4) is 0 Å². The highest BCUT2D eigenvalue weighted by atomic mass is 32.1. The lowest BCUT2D eigenvalue weighted by Gasteiger charge is -2.41. The van der Waals surface area contributed by atoms with E-state index in [1.54, 1.807) is 0 Å². The van der Waals surface area contributed by atoms with Gasteiger partial charge in [0, 0.05) is 6.54 Å². The molecule has 0 bridgehead atoms. The Kier molecular flexibility index (Phi) is 3.67. The maximum atomic E-state index is 11.4. The number of hydrogen-bond acceptors (Lipinski definition) is 5. The summed E-state index contributed by atoms with van der Waals surface area (Å²) in [6.07, 6.45) is 4.77. The number of thiophene rings is 1. The van der Waals surface area contributed by atoms with Crippen LogP contribution in [-0.2, 0) is 0 Å². The molecule has 0 spiro atoms. The first-order chi connectivity index (χ1) is 9.03. The number of rotatable bonds is 5. The van der Waals surface area contributed by atoms with Gasteiger partial charge in [-0.1, -0.05) is 13.3 Å². The third kappa shape index (κ3) is 2.38. The second-order valence-electron chi connectivity index (χ2n) is 5.09. The number of nitrogens with zero attached hydrogens (tertiary/aromatic N) is 1. The highest BCUT2D eigenvalue weighted by Crippen LogP contribution is 2.44. The zero-order valence-electron chi connectivity index (χ0n) is 11.0. The van der Waals surface area contributed by atoms with Gasteiger partial charge in [-0.3, -0.25) is 4.79 Å². The fraction of sp³-hybridized carbons (Fsp3) is 0.538. The Balaban J connectivity index is 2.20. The van der Waals surface area contributed by atoms with E-state index in [0.717, 1.165) is 13.0 Å². The van der Waals surface area contributed by atoms with E-state index in [0.29, 0.717) is 15.3 Å². The van der Waals surface area contributed by atoms with Gasteiger partial charge in [0.1, 0.15) is 15.9 Å². The van der Waals surface area contributed by atoms with E-state index in [-0.39, 0.29) is 11.3 Å². The first kappa shape index (κ1) is 13.7. The molecule has 5 N–H and O–H groups in total. The third-order valence-corrected chi connectivity index (χ3v) is 5.15. The van der Waals surface area contributed by atoms with Crippen LogP contribution in [0.25, 0.3) is 0 Å². The molecule has 0 saturated heterocycles. The van der Waals surface area contributed by atoms with Crippen molar-refractivity contribution < 1.29 is 4.79 Å². The molecule has 0 aromatic carbocycles. The number of anilines is 2. The van der Waals surface area contributed by atoms with Gasteiger partial charge in [-0.15, -0.1) is 11.3 Å². The summed E-state index contributed by atoms with van der Waals surface area (Å²) in [6, 6.07) is 2.00. The molecule has 1 aliphatic carbocycles. The number of nitrogen functional groups attached to an aromatic ring is 1. The minimum Gasteiger partial charge on any atom is -0.396 e. The largest absolute Gasteiger partial charge is 0.396 e. The van der Waals surface area contributed by atoms with Crippen molar-refractivity contribution in [3.63, 3.8) is 0 Å². The summed E-state index contributed by atoms with van der Waals surface area (Å²) < 4.78 is 0. The second-order valence-corrected chi connectivity index (χ2v) is 6.11. The van der Waals surface area contributed by atoms with Crippen molar-refractivity contribution in [1.29, 1.82) is 5.26 Å². The van der Waals surface area contributed by atoms with Crippen LogP contribution in [0.5, 0.6) is 0 Å². The van der Waals surface area contributed by atoms with Gasteiger partial charge >= 0.3 is 0 Å². The summed E-state index contributed by atoms with van der Waals surface area (Å²) in [5.41, 5.74) is 11.9. The molecule has 1 aromatic heterocycles. The molecule has 1 amide bonds. The van der Waals surface area contributed by atoms with Crippen molar-refractivity contribution in [2.75, 3.05) is 17.6 Å². The highest BCUT2D eigenvalue weighted by Gasteiger charge is 2.35. The summed E-state index contributed by atoms with van der Waals surface area (Å²) in [5, 5.41) is 12.9. The third-order valence-electron chi connectivity index (χ3n) is 4.08. The topological polar surface area (TPSA) is 105 Å². The number of nitrogens with two attached hydrogens (primary N) is 2. The Morgan fingerprint density at radius 1 is 1.58 bits per heavy atom. The second kappa shape index (κ2) is 5.10. The molecule has 0 aliphatic heterocycles. The minimum atomic E-state index is -0.586. The predicted molar refractivity (Wildman–Crippen MR) is 77.0 cm³/mol. The summed E-state index contributed by atoms with van der Waals surface area (Å²) in [4.78, 5) is 11.8. The van der Waals surface area contributed by atoms with Gasteiger partial charge in [0.25, 0.3) is 5.91 Å². The molecule has 1 heterocycles. The summed E-state index contributed by atoms with van der Waals surface area (Å²) >= 11 is 1.20. The van der Waals surface area contributed by atoms with Crippen molar-refractivity contribution in [3.05, 3.63) is 10.4 Å². The lowest BCUT2D eigenvalue weighted by atomic mass is 9.67. The Bertz CT molecular complexity index is 534. The minimum absolute atomic E-state index is 0.196. The van der Waals surface area contributed by atoms with Crippen LogP contribution in [0.2, 0.25) is 0 Å². The zero-order chi connectivity index (χ0) is 14.0. The van der Waals surface area contributed by atoms with Crippen LogP contribution in [0, 0.1) is 16.7 Å². The predicted octanol–water partition coefficient (Wildman–Crippen LogP) is 2.29. The van der Waals surface area contributed by atoms with Crippen LogP contribution in [0.15, 0.2) is 0 Å². The number of primary amides is 1. The average molecular weight is 278 g/mol. The summed E-state index contributed by atoms with van der Waals surface area (Å²) in [6.45, 7) is 2.98. The van der Waals surface area contributed by atoms with Crippen molar-refractivity contribution in [2.45, 2.75) is 32.6 Å². The van der Waals surface area contributed by atoms with E-state index < -0.39 is 5.91 Å². The van der Waals surface area contributed by atoms with Crippen LogP contribution in [0.4, 0.5) is 10.7 Å². The van der Waals surface area contributed by atoms with Gasteiger partial charge in [0.15, 0.2) is 0 Å². The fourth-order valence-corrected chi connectivity index (χ4v) is 3.41. The number of carbonyl (C=O) groups is 1. The number of carbonyl (C=O) groups excluding carboxylic acids is 1. The maximum Gasteiger partial charge on any atom is 0.253 e. The van der Waals surface area contributed by atoms with E-state index in [9.17, 15) is 4.79 Å². The smallest absolute Gasteiger partial charge is 0.253 e. The fourth-order valence-electron chi connectivity index (χ4n) is 2.50. The molecule has 1 aliphatic rings. The molecule has 0 atom stereocenters.